The fraction of sp³-hybridized carbons (Fsp3) is 0.273. The van der Waals surface area contributed by atoms with E-state index in [2.05, 4.69) is 53.2 Å². The summed E-state index contributed by atoms with van der Waals surface area (Å²) in [6.07, 6.45) is 1.46. The number of hydrogen-bond donors (Lipinski definition) is 0. The van der Waals surface area contributed by atoms with Crippen LogP contribution in [-0.4, -0.2) is 11.5 Å². The summed E-state index contributed by atoms with van der Waals surface area (Å²) in [5.74, 6) is 2.83. The fourth-order valence-electron chi connectivity index (χ4n) is 0.144. The average Bonchev–Trinajstić information content (AvgIpc) is 2.60. The van der Waals surface area contributed by atoms with Gasteiger partial charge in [-0.3, -0.25) is 0 Å². The smallest absolute Gasteiger partial charge is 0 e. The van der Waals surface area contributed by atoms with Gasteiger partial charge in [-0.15, -0.1) is 0 Å². The van der Waals surface area contributed by atoms with Crippen molar-refractivity contribution < 1.29 is 78.1 Å². The van der Waals surface area contributed by atoms with Crippen molar-refractivity contribution in [3.05, 3.63) is 53.2 Å². The van der Waals surface area contributed by atoms with Crippen LogP contribution in [0.5, 0.6) is 0 Å². The Morgan fingerprint density at radius 1 is 0.409 bits per heavy atom. The number of hydrogen-bond acceptors (Lipinski definition) is 1. The van der Waals surface area contributed by atoms with Crippen LogP contribution in [-0.2, 0) is 78.1 Å². The second-order valence-corrected chi connectivity index (χ2v) is 2.19. The van der Waals surface area contributed by atoms with Crippen molar-refractivity contribution in [2.75, 3.05) is 11.5 Å². The second kappa shape index (κ2) is 612. The van der Waals surface area contributed by atoms with Gasteiger partial charge in [-0.25, -0.2) is 0 Å². The molecule has 2 radical (unpaired) electrons. The van der Waals surface area contributed by atoms with Gasteiger partial charge in [-0.2, -0.15) is 11.8 Å². The summed E-state index contributed by atoms with van der Waals surface area (Å²) < 4.78 is 60.0. The molecule has 0 aliphatic carbocycles. The van der Waals surface area contributed by atoms with E-state index in [0.717, 1.165) is 0 Å². The van der Waals surface area contributed by atoms with Gasteiger partial charge < -0.3 is 0 Å². The Kier molecular flexibility index (Phi) is 1900. The van der Waals surface area contributed by atoms with Gasteiger partial charge in [-0.05, 0) is 17.9 Å². The van der Waals surface area contributed by atoms with Crippen molar-refractivity contribution >= 4 is 11.8 Å². The first-order chi connectivity index (χ1) is 10.0. The summed E-state index contributed by atoms with van der Waals surface area (Å²) in [6.45, 7) is 36.0. The predicted molar refractivity (Wildman–Crippen MR) is 53.4 cm³/mol. The summed E-state index contributed by atoms with van der Waals surface area (Å²) in [5, 5.41) is 0. The van der Waals surface area contributed by atoms with Crippen LogP contribution in [0.25, 0.3) is 0 Å². The van der Waals surface area contributed by atoms with Crippen LogP contribution >= 0.6 is 11.8 Å². The zero-order valence-corrected chi connectivity index (χ0v) is 16.8. The summed E-state index contributed by atoms with van der Waals surface area (Å²) in [6, 6.07) is 0. The van der Waals surface area contributed by atoms with E-state index in [1.807, 2.05) is 11.8 Å². The molecule has 11 heteroatoms. The molecule has 1 heterocycles. The SMILES string of the molecule is C1CSC1.[C-]#[O+].[C-]#[O+].[C-]#[O+].[C-]#[O+].[C-]#[O+].[C-]#[O+].[C-]#[O+].[C-]#[O+].[Re].[Re]. The van der Waals surface area contributed by atoms with E-state index in [1.54, 1.807) is 0 Å². The first-order valence-electron chi connectivity index (χ1n) is 3.21. The van der Waals surface area contributed by atoms with Gasteiger partial charge in [-0.1, -0.05) is 0 Å². The third kappa shape index (κ3) is 524. The van der Waals surface area contributed by atoms with Crippen LogP contribution in [0.1, 0.15) is 6.42 Å². The molecule has 118 valence electrons. The van der Waals surface area contributed by atoms with E-state index >= 15 is 0 Å². The van der Waals surface area contributed by atoms with Crippen molar-refractivity contribution in [1.82, 2.24) is 0 Å². The van der Waals surface area contributed by atoms with Gasteiger partial charge >= 0.3 is 90.4 Å². The molecule has 0 saturated carbocycles. The van der Waals surface area contributed by atoms with Gasteiger partial charge in [0.2, 0.25) is 0 Å². The van der Waals surface area contributed by atoms with Crippen LogP contribution < -0.4 is 0 Å². The number of thioether (sulfide) groups is 1. The van der Waals surface area contributed by atoms with Gasteiger partial charge in [0.25, 0.3) is 0 Å². The first kappa shape index (κ1) is 68.1. The summed E-state index contributed by atoms with van der Waals surface area (Å²) in [7, 11) is 0. The molecule has 1 rings (SSSR count). The Hall–Kier alpha value is -0.405. The zero-order chi connectivity index (χ0) is 18.8. The molecular weight excluding hydrogens is 665 g/mol. The molecule has 0 atom stereocenters. The van der Waals surface area contributed by atoms with Crippen LogP contribution in [0.15, 0.2) is 0 Å². The van der Waals surface area contributed by atoms with E-state index in [-0.39, 0.29) is 40.8 Å². The maximum absolute atomic E-state index is 7.50. The molecular formula is C11H6O8Re2S. The van der Waals surface area contributed by atoms with Gasteiger partial charge in [0, 0.05) is 40.8 Å². The molecule has 0 N–H and O–H groups in total. The predicted octanol–water partition coefficient (Wildman–Crippen LogP) is 0.818. The first-order valence-corrected chi connectivity index (χ1v) is 4.37. The monoisotopic (exact) mass is 672 g/mol. The minimum atomic E-state index is 0. The minimum Gasteiger partial charge on any atom is 0 e. The molecule has 1 aliphatic heterocycles. The standard InChI is InChI=1S/C3H6S.8CO.2Re/c1-2-4-3-1;8*1-2;;/h1-3H2;;;;;;;;;;. The molecule has 22 heavy (non-hydrogen) atoms. The van der Waals surface area contributed by atoms with E-state index in [0.29, 0.717) is 0 Å². The van der Waals surface area contributed by atoms with E-state index in [9.17, 15) is 0 Å². The van der Waals surface area contributed by atoms with Crippen LogP contribution in [0.4, 0.5) is 0 Å². The molecule has 1 aliphatic rings. The number of rotatable bonds is 0. The van der Waals surface area contributed by atoms with Crippen molar-refractivity contribution in [2.24, 2.45) is 0 Å². The van der Waals surface area contributed by atoms with Crippen LogP contribution in [0, 0.1) is 53.2 Å². The Morgan fingerprint density at radius 2 is 0.455 bits per heavy atom. The molecule has 1 saturated heterocycles. The Morgan fingerprint density at radius 3 is 0.455 bits per heavy atom. The maximum Gasteiger partial charge on any atom is 0 e. The van der Waals surface area contributed by atoms with Crippen molar-refractivity contribution in [1.29, 1.82) is 0 Å². The third-order valence-corrected chi connectivity index (χ3v) is 1.73. The van der Waals surface area contributed by atoms with E-state index in [1.165, 1.54) is 17.9 Å². The maximum atomic E-state index is 7.50. The average molecular weight is 671 g/mol. The van der Waals surface area contributed by atoms with Gasteiger partial charge in [0.15, 0.2) is 0 Å². The zero-order valence-electron chi connectivity index (χ0n) is 10.6. The van der Waals surface area contributed by atoms with Crippen molar-refractivity contribution in [3.63, 3.8) is 0 Å². The molecule has 0 aromatic heterocycles. The van der Waals surface area contributed by atoms with Crippen LogP contribution in [0.2, 0.25) is 0 Å². The Balaban J connectivity index is -0.00000000933. The molecule has 0 amide bonds. The molecule has 8 nitrogen and oxygen atoms in total. The fourth-order valence-corrected chi connectivity index (χ4v) is 0.433. The topological polar surface area (TPSA) is 159 Å². The third-order valence-electron chi connectivity index (χ3n) is 0.577. The Labute approximate surface area is 160 Å². The van der Waals surface area contributed by atoms with Gasteiger partial charge in [0.05, 0.1) is 0 Å². The largest absolute Gasteiger partial charge is 0 e. The molecule has 0 bridgehead atoms. The Bertz CT molecular complexity index is 185. The van der Waals surface area contributed by atoms with Crippen molar-refractivity contribution in [3.8, 4) is 0 Å². The molecule has 0 aromatic carbocycles. The second-order valence-electron chi connectivity index (χ2n) is 0.966. The summed E-state index contributed by atoms with van der Waals surface area (Å²) in [5.41, 5.74) is 0. The molecule has 1 fully saturated rings. The normalized spacial score (nSPS) is 5.09. The van der Waals surface area contributed by atoms with E-state index < -0.39 is 0 Å². The van der Waals surface area contributed by atoms with Crippen molar-refractivity contribution in [2.45, 2.75) is 6.42 Å². The van der Waals surface area contributed by atoms with Gasteiger partial charge in [0.1, 0.15) is 0 Å². The van der Waals surface area contributed by atoms with E-state index in [4.69, 9.17) is 37.2 Å². The molecule has 0 aromatic rings. The summed E-state index contributed by atoms with van der Waals surface area (Å²) >= 11 is 2.04. The molecule has 0 unspecified atom stereocenters. The van der Waals surface area contributed by atoms with Crippen LogP contribution in [0.3, 0.4) is 0 Å². The summed E-state index contributed by atoms with van der Waals surface area (Å²) in [4.78, 5) is 0. The molecule has 0 spiro atoms. The quantitative estimate of drug-likeness (QED) is 0.271. The minimum absolute atomic E-state index is 0.